The Morgan fingerprint density at radius 2 is 2.00 bits per heavy atom. The summed E-state index contributed by atoms with van der Waals surface area (Å²) in [6.45, 7) is 2.02. The highest BCUT2D eigenvalue weighted by atomic mass is 35.5. The highest BCUT2D eigenvalue weighted by molar-refractivity contribution is 6.30. The summed E-state index contributed by atoms with van der Waals surface area (Å²) >= 11 is 5.87. The zero-order valence-electron chi connectivity index (χ0n) is 10.1. The minimum Gasteiger partial charge on any atom is -0.324 e. The van der Waals surface area contributed by atoms with Crippen LogP contribution in [-0.2, 0) is 6.54 Å². The second kappa shape index (κ2) is 5.67. The van der Waals surface area contributed by atoms with Gasteiger partial charge in [-0.3, -0.25) is 0 Å². The molecule has 92 valence electrons. The number of benzene rings is 1. The Labute approximate surface area is 108 Å². The van der Waals surface area contributed by atoms with Gasteiger partial charge >= 0.3 is 0 Å². The molecule has 0 heterocycles. The topological polar surface area (TPSA) is 29.3 Å². The van der Waals surface area contributed by atoms with Crippen LogP contribution in [0.1, 0.15) is 12.0 Å². The molecule has 3 heteroatoms. The maximum absolute atomic E-state index is 5.87. The van der Waals surface area contributed by atoms with Crippen LogP contribution < -0.4 is 5.73 Å². The van der Waals surface area contributed by atoms with Crippen LogP contribution in [0, 0.1) is 5.92 Å². The minimum atomic E-state index is 0.254. The molecule has 2 nitrogen and oxygen atoms in total. The molecule has 0 aromatic heterocycles. The highest BCUT2D eigenvalue weighted by Crippen LogP contribution is 2.18. The van der Waals surface area contributed by atoms with E-state index < -0.39 is 0 Å². The van der Waals surface area contributed by atoms with Crippen LogP contribution >= 0.6 is 11.6 Å². The first kappa shape index (κ1) is 12.6. The molecule has 0 bridgehead atoms. The van der Waals surface area contributed by atoms with E-state index >= 15 is 0 Å². The van der Waals surface area contributed by atoms with Gasteiger partial charge in [-0.1, -0.05) is 35.9 Å². The van der Waals surface area contributed by atoms with Crippen LogP contribution in [0.4, 0.5) is 0 Å². The lowest BCUT2D eigenvalue weighted by molar-refractivity contribution is 0.288. The van der Waals surface area contributed by atoms with Gasteiger partial charge in [0, 0.05) is 24.2 Å². The predicted molar refractivity (Wildman–Crippen MR) is 73.0 cm³/mol. The van der Waals surface area contributed by atoms with Crippen molar-refractivity contribution in [1.82, 2.24) is 4.90 Å². The first-order chi connectivity index (χ1) is 8.13. The van der Waals surface area contributed by atoms with Crippen molar-refractivity contribution in [3.63, 3.8) is 0 Å². The molecule has 2 rings (SSSR count). The van der Waals surface area contributed by atoms with Gasteiger partial charge in [-0.05, 0) is 37.1 Å². The van der Waals surface area contributed by atoms with Crippen molar-refractivity contribution in [2.24, 2.45) is 11.7 Å². The molecule has 0 aliphatic heterocycles. The molecular formula is C14H19ClN2. The van der Waals surface area contributed by atoms with E-state index in [0.29, 0.717) is 5.92 Å². The van der Waals surface area contributed by atoms with Crippen LogP contribution in [0.2, 0.25) is 5.02 Å². The number of halogens is 1. The number of hydrogen-bond acceptors (Lipinski definition) is 2. The molecule has 0 radical (unpaired) electrons. The average Bonchev–Trinajstić information content (AvgIpc) is 2.67. The molecule has 1 aromatic carbocycles. The second-order valence-corrected chi connectivity index (χ2v) is 5.30. The molecule has 1 aromatic rings. The lowest BCUT2D eigenvalue weighted by atomic mass is 10.1. The fraction of sp³-hybridized carbons (Fsp3) is 0.429. The van der Waals surface area contributed by atoms with Crippen molar-refractivity contribution < 1.29 is 0 Å². The van der Waals surface area contributed by atoms with E-state index in [2.05, 4.69) is 36.2 Å². The van der Waals surface area contributed by atoms with Crippen molar-refractivity contribution in [3.05, 3.63) is 47.0 Å². The van der Waals surface area contributed by atoms with E-state index in [0.717, 1.165) is 24.5 Å². The third kappa shape index (κ3) is 3.84. The van der Waals surface area contributed by atoms with Crippen LogP contribution in [0.15, 0.2) is 36.4 Å². The third-order valence-corrected chi connectivity index (χ3v) is 3.37. The number of hydrogen-bond donors (Lipinski definition) is 1. The Morgan fingerprint density at radius 1 is 1.29 bits per heavy atom. The molecule has 0 saturated heterocycles. The quantitative estimate of drug-likeness (QED) is 0.833. The molecule has 0 amide bonds. The van der Waals surface area contributed by atoms with E-state index in [4.69, 9.17) is 17.3 Å². The SMILES string of the molecule is CN(Cc1ccc(Cl)cc1)CC1C=CC(N)C1. The summed E-state index contributed by atoms with van der Waals surface area (Å²) in [4.78, 5) is 2.33. The average molecular weight is 251 g/mol. The Kier molecular flexibility index (Phi) is 4.21. The standard InChI is InChI=1S/C14H19ClN2/c1-17(10-12-4-7-14(16)8-12)9-11-2-5-13(15)6-3-11/h2-7,12,14H,8-10,16H2,1H3. The fourth-order valence-electron chi connectivity index (χ4n) is 2.31. The highest BCUT2D eigenvalue weighted by Gasteiger charge is 2.16. The van der Waals surface area contributed by atoms with E-state index in [9.17, 15) is 0 Å². The molecule has 0 saturated carbocycles. The minimum absolute atomic E-state index is 0.254. The van der Waals surface area contributed by atoms with Gasteiger partial charge in [0.2, 0.25) is 0 Å². The zero-order chi connectivity index (χ0) is 12.3. The van der Waals surface area contributed by atoms with E-state index in [1.807, 2.05) is 12.1 Å². The Balaban J connectivity index is 1.83. The van der Waals surface area contributed by atoms with Crippen LogP contribution in [0.3, 0.4) is 0 Å². The summed E-state index contributed by atoms with van der Waals surface area (Å²) < 4.78 is 0. The summed E-state index contributed by atoms with van der Waals surface area (Å²) in [6.07, 6.45) is 5.43. The van der Waals surface area contributed by atoms with Crippen molar-refractivity contribution in [2.45, 2.75) is 19.0 Å². The molecule has 2 unspecified atom stereocenters. The first-order valence-electron chi connectivity index (χ1n) is 6.00. The van der Waals surface area contributed by atoms with Crippen LogP contribution in [0.5, 0.6) is 0 Å². The summed E-state index contributed by atoms with van der Waals surface area (Å²) in [5.74, 6) is 0.599. The van der Waals surface area contributed by atoms with Gasteiger partial charge in [0.25, 0.3) is 0 Å². The monoisotopic (exact) mass is 250 g/mol. The van der Waals surface area contributed by atoms with E-state index in [1.165, 1.54) is 5.56 Å². The Morgan fingerprint density at radius 3 is 2.59 bits per heavy atom. The predicted octanol–water partition coefficient (Wildman–Crippen LogP) is 2.68. The Bertz CT molecular complexity index is 386. The fourth-order valence-corrected chi connectivity index (χ4v) is 2.43. The maximum atomic E-state index is 5.87. The van der Waals surface area contributed by atoms with Gasteiger partial charge < -0.3 is 10.6 Å². The lowest BCUT2D eigenvalue weighted by Crippen LogP contribution is -2.25. The van der Waals surface area contributed by atoms with Crippen molar-refractivity contribution in [3.8, 4) is 0 Å². The molecular weight excluding hydrogens is 232 g/mol. The summed E-state index contributed by atoms with van der Waals surface area (Å²) in [7, 11) is 2.15. The van der Waals surface area contributed by atoms with Gasteiger partial charge in [0.1, 0.15) is 0 Å². The summed E-state index contributed by atoms with van der Waals surface area (Å²) in [6, 6.07) is 8.29. The maximum Gasteiger partial charge on any atom is 0.0406 e. The first-order valence-corrected chi connectivity index (χ1v) is 6.38. The second-order valence-electron chi connectivity index (χ2n) is 4.87. The number of nitrogens with zero attached hydrogens (tertiary/aromatic N) is 1. The van der Waals surface area contributed by atoms with Gasteiger partial charge in [-0.15, -0.1) is 0 Å². The van der Waals surface area contributed by atoms with Gasteiger partial charge in [0.15, 0.2) is 0 Å². The van der Waals surface area contributed by atoms with E-state index in [-0.39, 0.29) is 6.04 Å². The van der Waals surface area contributed by atoms with Crippen molar-refractivity contribution >= 4 is 11.6 Å². The van der Waals surface area contributed by atoms with E-state index in [1.54, 1.807) is 0 Å². The smallest absolute Gasteiger partial charge is 0.0406 e. The lowest BCUT2D eigenvalue weighted by Gasteiger charge is -2.20. The Hall–Kier alpha value is -0.830. The van der Waals surface area contributed by atoms with Crippen LogP contribution in [0.25, 0.3) is 0 Å². The number of nitrogens with two attached hydrogens (primary N) is 1. The molecule has 2 N–H and O–H groups in total. The van der Waals surface area contributed by atoms with Crippen LogP contribution in [-0.4, -0.2) is 24.5 Å². The third-order valence-electron chi connectivity index (χ3n) is 3.12. The molecule has 0 spiro atoms. The normalized spacial score (nSPS) is 23.5. The molecule has 1 aliphatic carbocycles. The van der Waals surface area contributed by atoms with Crippen molar-refractivity contribution in [1.29, 1.82) is 0 Å². The molecule has 0 fully saturated rings. The van der Waals surface area contributed by atoms with Gasteiger partial charge in [0.05, 0.1) is 0 Å². The molecule has 2 atom stereocenters. The molecule has 1 aliphatic rings. The largest absolute Gasteiger partial charge is 0.324 e. The summed E-state index contributed by atoms with van der Waals surface area (Å²) in [5, 5.41) is 0.793. The van der Waals surface area contributed by atoms with Gasteiger partial charge in [-0.25, -0.2) is 0 Å². The van der Waals surface area contributed by atoms with Gasteiger partial charge in [-0.2, -0.15) is 0 Å². The zero-order valence-corrected chi connectivity index (χ0v) is 10.9. The summed E-state index contributed by atoms with van der Waals surface area (Å²) in [5.41, 5.74) is 7.14. The molecule has 17 heavy (non-hydrogen) atoms. The van der Waals surface area contributed by atoms with Crippen molar-refractivity contribution in [2.75, 3.05) is 13.6 Å². The number of rotatable bonds is 4.